The predicted molar refractivity (Wildman–Crippen MR) is 77.1 cm³/mol. The smallest absolute Gasteiger partial charge is 0.0824 e. The van der Waals surface area contributed by atoms with Crippen molar-refractivity contribution in [3.05, 3.63) is 35.4 Å². The van der Waals surface area contributed by atoms with Crippen LogP contribution < -0.4 is 5.73 Å². The minimum Gasteiger partial charge on any atom is -0.374 e. The van der Waals surface area contributed by atoms with Gasteiger partial charge in [-0.2, -0.15) is 0 Å². The summed E-state index contributed by atoms with van der Waals surface area (Å²) in [5, 5.41) is 0. The van der Waals surface area contributed by atoms with E-state index in [2.05, 4.69) is 36.1 Å². The quantitative estimate of drug-likeness (QED) is 0.907. The van der Waals surface area contributed by atoms with Gasteiger partial charge in [0.25, 0.3) is 0 Å². The molecule has 0 aromatic heterocycles. The van der Waals surface area contributed by atoms with Gasteiger partial charge in [0.05, 0.1) is 12.7 Å². The highest BCUT2D eigenvalue weighted by atomic mass is 35.5. The van der Waals surface area contributed by atoms with E-state index in [9.17, 15) is 0 Å². The van der Waals surface area contributed by atoms with Crippen LogP contribution in [-0.2, 0) is 17.7 Å². The van der Waals surface area contributed by atoms with E-state index in [0.29, 0.717) is 6.54 Å². The first-order chi connectivity index (χ1) is 8.31. The highest BCUT2D eigenvalue weighted by Gasteiger charge is 2.18. The second-order valence-electron chi connectivity index (χ2n) is 4.63. The average molecular weight is 271 g/mol. The molecule has 1 atom stereocenters. The average Bonchev–Trinajstić information content (AvgIpc) is 2.40. The minimum absolute atomic E-state index is 0. The van der Waals surface area contributed by atoms with Gasteiger partial charge in [0.2, 0.25) is 0 Å². The van der Waals surface area contributed by atoms with Gasteiger partial charge in [-0.3, -0.25) is 4.90 Å². The Morgan fingerprint density at radius 1 is 1.28 bits per heavy atom. The fourth-order valence-electron chi connectivity index (χ4n) is 2.21. The Kier molecular flexibility index (Phi) is 6.65. The van der Waals surface area contributed by atoms with E-state index in [4.69, 9.17) is 10.5 Å². The summed E-state index contributed by atoms with van der Waals surface area (Å²) in [6.07, 6.45) is 1.31. The zero-order valence-corrected chi connectivity index (χ0v) is 11.8. The van der Waals surface area contributed by atoms with Crippen molar-refractivity contribution < 1.29 is 4.74 Å². The van der Waals surface area contributed by atoms with Crippen LogP contribution in [0.4, 0.5) is 0 Å². The number of aryl methyl sites for hydroxylation is 1. The summed E-state index contributed by atoms with van der Waals surface area (Å²) in [6, 6.07) is 8.89. The lowest BCUT2D eigenvalue weighted by atomic mass is 10.1. The van der Waals surface area contributed by atoms with E-state index < -0.39 is 0 Å². The molecule has 18 heavy (non-hydrogen) atoms. The molecule has 3 nitrogen and oxygen atoms in total. The van der Waals surface area contributed by atoms with Crippen LogP contribution in [0.15, 0.2) is 24.3 Å². The molecule has 1 aliphatic rings. The Morgan fingerprint density at radius 2 is 1.94 bits per heavy atom. The number of benzene rings is 1. The van der Waals surface area contributed by atoms with Gasteiger partial charge < -0.3 is 10.5 Å². The number of ether oxygens (including phenoxy) is 1. The molecular weight excluding hydrogens is 248 g/mol. The first-order valence-corrected chi connectivity index (χ1v) is 6.43. The fraction of sp³-hybridized carbons (Fsp3) is 0.571. The fourth-order valence-corrected chi connectivity index (χ4v) is 2.21. The first kappa shape index (κ1) is 15.4. The summed E-state index contributed by atoms with van der Waals surface area (Å²) in [4.78, 5) is 2.42. The summed E-state index contributed by atoms with van der Waals surface area (Å²) >= 11 is 0. The molecular formula is C14H23ClN2O. The maximum absolute atomic E-state index is 5.65. The molecule has 0 spiro atoms. The molecule has 102 valence electrons. The van der Waals surface area contributed by atoms with Crippen molar-refractivity contribution in [2.75, 3.05) is 26.2 Å². The van der Waals surface area contributed by atoms with Crippen molar-refractivity contribution in [3.8, 4) is 0 Å². The van der Waals surface area contributed by atoms with Crippen molar-refractivity contribution in [1.29, 1.82) is 0 Å². The molecule has 2 rings (SSSR count). The standard InChI is InChI=1S/C14H22N2O.ClH/c1-2-12-3-5-13(6-4-12)10-16-7-8-17-14(9-15)11-16;/h3-6,14H,2,7-11,15H2,1H3;1H. The van der Waals surface area contributed by atoms with E-state index >= 15 is 0 Å². The Morgan fingerprint density at radius 3 is 2.56 bits per heavy atom. The van der Waals surface area contributed by atoms with Crippen molar-refractivity contribution in [2.24, 2.45) is 5.73 Å². The third kappa shape index (κ3) is 4.25. The molecule has 0 aliphatic carbocycles. The molecule has 2 N–H and O–H groups in total. The molecule has 0 saturated carbocycles. The number of nitrogens with two attached hydrogens (primary N) is 1. The monoisotopic (exact) mass is 270 g/mol. The first-order valence-electron chi connectivity index (χ1n) is 6.43. The molecule has 0 bridgehead atoms. The van der Waals surface area contributed by atoms with Gasteiger partial charge >= 0.3 is 0 Å². The normalized spacial score (nSPS) is 20.4. The lowest BCUT2D eigenvalue weighted by Crippen LogP contribution is -2.45. The Labute approximate surface area is 116 Å². The third-order valence-electron chi connectivity index (χ3n) is 3.32. The topological polar surface area (TPSA) is 38.5 Å². The van der Waals surface area contributed by atoms with Crippen molar-refractivity contribution in [1.82, 2.24) is 4.90 Å². The molecule has 1 heterocycles. The molecule has 1 aliphatic heterocycles. The zero-order valence-electron chi connectivity index (χ0n) is 11.0. The summed E-state index contributed by atoms with van der Waals surface area (Å²) in [5.74, 6) is 0. The number of morpholine rings is 1. The highest BCUT2D eigenvalue weighted by molar-refractivity contribution is 5.85. The van der Waals surface area contributed by atoms with Crippen LogP contribution in [0.1, 0.15) is 18.1 Å². The predicted octanol–water partition coefficient (Wildman–Crippen LogP) is 1.83. The van der Waals surface area contributed by atoms with Gasteiger partial charge in [0.1, 0.15) is 0 Å². The second-order valence-corrected chi connectivity index (χ2v) is 4.63. The van der Waals surface area contributed by atoms with E-state index in [1.807, 2.05) is 0 Å². The summed E-state index contributed by atoms with van der Waals surface area (Å²) in [6.45, 7) is 6.56. The molecule has 0 radical (unpaired) electrons. The van der Waals surface area contributed by atoms with Gasteiger partial charge in [-0.25, -0.2) is 0 Å². The summed E-state index contributed by atoms with van der Waals surface area (Å²) in [5.41, 5.74) is 8.42. The van der Waals surface area contributed by atoms with Crippen LogP contribution in [-0.4, -0.2) is 37.2 Å². The summed E-state index contributed by atoms with van der Waals surface area (Å²) < 4.78 is 5.56. The van der Waals surface area contributed by atoms with Crippen LogP contribution in [0, 0.1) is 0 Å². The van der Waals surface area contributed by atoms with Crippen LogP contribution in [0.3, 0.4) is 0 Å². The van der Waals surface area contributed by atoms with Crippen molar-refractivity contribution >= 4 is 12.4 Å². The molecule has 1 aromatic rings. The molecule has 0 amide bonds. The van der Waals surface area contributed by atoms with Crippen LogP contribution >= 0.6 is 12.4 Å². The third-order valence-corrected chi connectivity index (χ3v) is 3.32. The number of rotatable bonds is 4. The van der Waals surface area contributed by atoms with Gasteiger partial charge in [0.15, 0.2) is 0 Å². The number of halogens is 1. The van der Waals surface area contributed by atoms with Crippen LogP contribution in [0.25, 0.3) is 0 Å². The van der Waals surface area contributed by atoms with E-state index in [-0.39, 0.29) is 18.5 Å². The molecule has 4 heteroatoms. The van der Waals surface area contributed by atoms with Gasteiger partial charge in [-0.05, 0) is 17.5 Å². The SMILES string of the molecule is CCc1ccc(CN2CCOC(CN)C2)cc1.Cl. The molecule has 1 aromatic carbocycles. The zero-order chi connectivity index (χ0) is 12.1. The summed E-state index contributed by atoms with van der Waals surface area (Å²) in [7, 11) is 0. The second kappa shape index (κ2) is 7.74. The van der Waals surface area contributed by atoms with Crippen LogP contribution in [0.5, 0.6) is 0 Å². The maximum atomic E-state index is 5.65. The molecule has 1 saturated heterocycles. The maximum Gasteiger partial charge on any atom is 0.0824 e. The largest absolute Gasteiger partial charge is 0.374 e. The van der Waals surface area contributed by atoms with Gasteiger partial charge in [-0.1, -0.05) is 31.2 Å². The number of nitrogens with zero attached hydrogens (tertiary/aromatic N) is 1. The number of hydrogen-bond acceptors (Lipinski definition) is 3. The van der Waals surface area contributed by atoms with E-state index in [0.717, 1.165) is 32.7 Å². The van der Waals surface area contributed by atoms with Gasteiger partial charge in [-0.15, -0.1) is 12.4 Å². The molecule has 1 unspecified atom stereocenters. The van der Waals surface area contributed by atoms with E-state index in [1.54, 1.807) is 0 Å². The molecule has 1 fully saturated rings. The van der Waals surface area contributed by atoms with Crippen LogP contribution in [0.2, 0.25) is 0 Å². The lowest BCUT2D eigenvalue weighted by Gasteiger charge is -2.32. The highest BCUT2D eigenvalue weighted by Crippen LogP contribution is 2.11. The van der Waals surface area contributed by atoms with Crippen molar-refractivity contribution in [2.45, 2.75) is 26.0 Å². The van der Waals surface area contributed by atoms with Gasteiger partial charge in [0, 0.05) is 26.2 Å². The Balaban J connectivity index is 0.00000162. The number of hydrogen-bond donors (Lipinski definition) is 1. The Hall–Kier alpha value is -0.610. The van der Waals surface area contributed by atoms with E-state index in [1.165, 1.54) is 11.1 Å². The lowest BCUT2D eigenvalue weighted by molar-refractivity contribution is -0.0260. The Bertz CT molecular complexity index is 342. The van der Waals surface area contributed by atoms with Crippen molar-refractivity contribution in [3.63, 3.8) is 0 Å². The minimum atomic E-state index is 0.